The van der Waals surface area contributed by atoms with E-state index < -0.39 is 0 Å². The van der Waals surface area contributed by atoms with Crippen LogP contribution < -0.4 is 0 Å². The molecule has 0 spiro atoms. The van der Waals surface area contributed by atoms with Gasteiger partial charge in [0, 0.05) is 0 Å². The molecule has 0 saturated heterocycles. The molecule has 0 amide bonds. The Kier molecular flexibility index (Phi) is 8.13. The van der Waals surface area contributed by atoms with E-state index in [1.807, 2.05) is 18.2 Å². The van der Waals surface area contributed by atoms with Gasteiger partial charge in [-0.1, -0.05) is 18.2 Å². The van der Waals surface area contributed by atoms with E-state index in [-0.39, 0.29) is 28.7 Å². The first-order chi connectivity index (χ1) is 10.3. The summed E-state index contributed by atoms with van der Waals surface area (Å²) in [5, 5.41) is 0. The van der Waals surface area contributed by atoms with Crippen molar-refractivity contribution in [2.24, 2.45) is 0 Å². The van der Waals surface area contributed by atoms with Gasteiger partial charge in [0.15, 0.2) is 0 Å². The fraction of sp³-hybridized carbons (Fsp3) is 0.105. The Morgan fingerprint density at radius 2 is 1.91 bits per heavy atom. The quantitative estimate of drug-likeness (QED) is 0.455. The maximum Gasteiger partial charge on any atom is 2.00 e. The molecule has 0 unspecified atom stereocenters. The van der Waals surface area contributed by atoms with Crippen molar-refractivity contribution >= 4 is 11.9 Å². The van der Waals surface area contributed by atoms with Crippen LogP contribution in [0.25, 0.3) is 6.08 Å². The molecule has 0 atom stereocenters. The van der Waals surface area contributed by atoms with E-state index in [1.54, 1.807) is 24.3 Å². The third-order valence-corrected chi connectivity index (χ3v) is 2.86. The number of allylic oxidation sites excluding steroid dienone is 9. The van der Waals surface area contributed by atoms with Crippen molar-refractivity contribution in [2.75, 3.05) is 0 Å². The van der Waals surface area contributed by atoms with Crippen LogP contribution in [0, 0.1) is 18.0 Å². The van der Waals surface area contributed by atoms with E-state index in [4.69, 9.17) is 0 Å². The minimum atomic E-state index is -0.278. The van der Waals surface area contributed by atoms with Gasteiger partial charge in [-0.15, -0.1) is 18.4 Å². The normalized spacial score (nSPS) is 14.5. The molecule has 3 heteroatoms. The average Bonchev–Trinajstić information content (AvgIpc) is 3.21. The number of rotatable bonds is 3. The van der Waals surface area contributed by atoms with Crippen molar-refractivity contribution in [1.82, 2.24) is 0 Å². The van der Waals surface area contributed by atoms with Crippen LogP contribution in [0.5, 0.6) is 0 Å². The first kappa shape index (κ1) is 18.1. The fourth-order valence-corrected chi connectivity index (χ4v) is 1.75. The Hall–Kier alpha value is -1.96. The molecule has 3 rings (SSSR count). The summed E-state index contributed by atoms with van der Waals surface area (Å²) in [5.41, 5.74) is 1.47. The van der Waals surface area contributed by atoms with E-state index in [1.165, 1.54) is 18.2 Å². The van der Waals surface area contributed by atoms with Gasteiger partial charge in [-0.3, -0.25) is 12.2 Å². The molecule has 112 valence electrons. The predicted octanol–water partition coefficient (Wildman–Crippen LogP) is 4.40. The number of carbonyl (C=O) groups is 1. The standard InChI is InChI=1S/C14H10FO.C5H5.Fe/c15-13-8-5-11(6-9-13)7-10-14(16)12-3-1-2-4-12;1-2-4-5-3-1;/h3-10H,1H2;1-3H,4H2;/q2*-1;+2/b10-7+;;. The zero-order chi connectivity index (χ0) is 14.9. The van der Waals surface area contributed by atoms with Gasteiger partial charge in [0.05, 0.1) is 0 Å². The first-order valence-electron chi connectivity index (χ1n) is 6.72. The summed E-state index contributed by atoms with van der Waals surface area (Å²) < 4.78 is 12.6. The van der Waals surface area contributed by atoms with Crippen LogP contribution >= 0.6 is 0 Å². The summed E-state index contributed by atoms with van der Waals surface area (Å²) in [7, 11) is 0. The second-order valence-electron chi connectivity index (χ2n) is 4.46. The van der Waals surface area contributed by atoms with Gasteiger partial charge in [0.2, 0.25) is 0 Å². The Morgan fingerprint density at radius 3 is 2.41 bits per heavy atom. The van der Waals surface area contributed by atoms with Crippen molar-refractivity contribution in [2.45, 2.75) is 12.8 Å². The van der Waals surface area contributed by atoms with Crippen LogP contribution in [0.4, 0.5) is 4.39 Å². The molecule has 0 aliphatic heterocycles. The van der Waals surface area contributed by atoms with Gasteiger partial charge in [-0.25, -0.2) is 22.6 Å². The second-order valence-corrected chi connectivity index (χ2v) is 4.46. The van der Waals surface area contributed by atoms with E-state index in [0.717, 1.165) is 12.0 Å². The Labute approximate surface area is 141 Å². The van der Waals surface area contributed by atoms with Crippen LogP contribution in [0.1, 0.15) is 18.4 Å². The largest absolute Gasteiger partial charge is 2.00 e. The molecule has 1 aromatic rings. The van der Waals surface area contributed by atoms with Crippen LogP contribution in [0.2, 0.25) is 0 Å². The molecular formula is C19H15FFeO. The molecule has 0 radical (unpaired) electrons. The van der Waals surface area contributed by atoms with Gasteiger partial charge in [-0.2, -0.15) is 12.2 Å². The van der Waals surface area contributed by atoms with E-state index in [2.05, 4.69) is 18.2 Å². The van der Waals surface area contributed by atoms with Crippen LogP contribution in [-0.4, -0.2) is 5.78 Å². The molecule has 2 aliphatic rings. The van der Waals surface area contributed by atoms with Gasteiger partial charge >= 0.3 is 17.1 Å². The third-order valence-electron chi connectivity index (χ3n) is 2.86. The molecule has 0 N–H and O–H groups in total. The number of hydrogen-bond acceptors (Lipinski definition) is 1. The van der Waals surface area contributed by atoms with Gasteiger partial charge < -0.3 is 4.79 Å². The molecule has 0 saturated carbocycles. The minimum absolute atomic E-state index is 0. The minimum Gasteiger partial charge on any atom is -0.311 e. The number of halogens is 1. The number of benzene rings is 1. The van der Waals surface area contributed by atoms with Crippen molar-refractivity contribution < 1.29 is 26.3 Å². The molecule has 1 aromatic carbocycles. The van der Waals surface area contributed by atoms with Crippen molar-refractivity contribution in [3.63, 3.8) is 0 Å². The zero-order valence-corrected chi connectivity index (χ0v) is 13.0. The van der Waals surface area contributed by atoms with Gasteiger partial charge in [-0.05, 0) is 23.8 Å². The van der Waals surface area contributed by atoms with Crippen LogP contribution in [-0.2, 0) is 21.9 Å². The number of ketones is 1. The van der Waals surface area contributed by atoms with Crippen LogP contribution in [0.3, 0.4) is 0 Å². The average molecular weight is 334 g/mol. The molecule has 0 fully saturated rings. The summed E-state index contributed by atoms with van der Waals surface area (Å²) in [4.78, 5) is 11.6. The molecular weight excluding hydrogens is 319 g/mol. The Morgan fingerprint density at radius 1 is 1.14 bits per heavy atom. The number of carbonyl (C=O) groups excluding carboxylic acids is 1. The molecule has 2 aliphatic carbocycles. The summed E-state index contributed by atoms with van der Waals surface area (Å²) in [6.07, 6.45) is 20.3. The first-order valence-corrected chi connectivity index (χ1v) is 6.72. The SMILES string of the molecule is O=C(/C=C/c1ccc(F)cc1)C1=CC[C-]=C1.[C-]1=CC=CC1.[Fe+2]. The smallest absolute Gasteiger partial charge is 0.311 e. The van der Waals surface area contributed by atoms with Crippen molar-refractivity contribution in [3.05, 3.63) is 89.8 Å². The van der Waals surface area contributed by atoms with Gasteiger partial charge in [0.25, 0.3) is 0 Å². The van der Waals surface area contributed by atoms with Crippen molar-refractivity contribution in [3.8, 4) is 0 Å². The fourth-order valence-electron chi connectivity index (χ4n) is 1.75. The second kappa shape index (κ2) is 9.88. The van der Waals surface area contributed by atoms with Crippen molar-refractivity contribution in [1.29, 1.82) is 0 Å². The van der Waals surface area contributed by atoms with E-state index in [0.29, 0.717) is 12.0 Å². The molecule has 0 bridgehead atoms. The monoisotopic (exact) mass is 334 g/mol. The molecule has 1 nitrogen and oxygen atoms in total. The number of hydrogen-bond donors (Lipinski definition) is 0. The van der Waals surface area contributed by atoms with Crippen LogP contribution in [0.15, 0.2) is 66.3 Å². The molecule has 0 heterocycles. The topological polar surface area (TPSA) is 17.1 Å². The maximum atomic E-state index is 12.6. The summed E-state index contributed by atoms with van der Waals surface area (Å²) in [6.45, 7) is 0. The predicted molar refractivity (Wildman–Crippen MR) is 82.5 cm³/mol. The maximum absolute atomic E-state index is 12.6. The zero-order valence-electron chi connectivity index (χ0n) is 11.9. The summed E-state index contributed by atoms with van der Waals surface area (Å²) in [5.74, 6) is -0.325. The van der Waals surface area contributed by atoms with Gasteiger partial charge in [0.1, 0.15) is 11.6 Å². The summed E-state index contributed by atoms with van der Waals surface area (Å²) in [6, 6.07) is 5.99. The summed E-state index contributed by atoms with van der Waals surface area (Å²) >= 11 is 0. The Bertz CT molecular complexity index is 624. The van der Waals surface area contributed by atoms with E-state index in [9.17, 15) is 9.18 Å². The molecule has 0 aromatic heterocycles. The Balaban J connectivity index is 0.000000344. The molecule has 22 heavy (non-hydrogen) atoms. The third kappa shape index (κ3) is 6.21. The van der Waals surface area contributed by atoms with E-state index >= 15 is 0 Å².